The minimum absolute atomic E-state index is 0.186. The van der Waals surface area contributed by atoms with Gasteiger partial charge in [-0.25, -0.2) is 4.39 Å². The molecule has 2 aromatic carbocycles. The summed E-state index contributed by atoms with van der Waals surface area (Å²) in [6, 6.07) is 16.1. The van der Waals surface area contributed by atoms with Crippen molar-refractivity contribution in [3.63, 3.8) is 0 Å². The number of hydrogen-bond donors (Lipinski definition) is 1. The van der Waals surface area contributed by atoms with Gasteiger partial charge in [0.15, 0.2) is 0 Å². The molecule has 0 aliphatic carbocycles. The minimum atomic E-state index is -1.05. The van der Waals surface area contributed by atoms with Gasteiger partial charge in [-0.05, 0) is 43.7 Å². The number of carbonyl (C=O) groups excluding carboxylic acids is 2. The number of Topliss-reactive ketones (excluding diaryl/α,β-unsaturated/α-hetero) is 1. The second-order valence-corrected chi connectivity index (χ2v) is 7.56. The lowest BCUT2D eigenvalue weighted by molar-refractivity contribution is -0.143. The van der Waals surface area contributed by atoms with Gasteiger partial charge in [0, 0.05) is 34.6 Å². The maximum absolute atomic E-state index is 13.5. The summed E-state index contributed by atoms with van der Waals surface area (Å²) in [4.78, 5) is 23.2. The molecule has 1 unspecified atom stereocenters. The number of carbonyl (C=O) groups is 2. The van der Waals surface area contributed by atoms with Crippen molar-refractivity contribution in [2.75, 3.05) is 7.11 Å². The first kappa shape index (κ1) is 23.2. The molecular formula is C26H26FNO4. The minimum Gasteiger partial charge on any atom is -0.469 e. The second kappa shape index (κ2) is 10.2. The number of nitrogens with zero attached hydrogens (tertiary/aromatic N) is 1. The fourth-order valence-corrected chi connectivity index (χ4v) is 3.82. The van der Waals surface area contributed by atoms with Crippen molar-refractivity contribution in [3.8, 4) is 16.8 Å². The summed E-state index contributed by atoms with van der Waals surface area (Å²) >= 11 is 0. The third kappa shape index (κ3) is 5.21. The first-order valence-electron chi connectivity index (χ1n) is 10.3. The molecule has 5 nitrogen and oxygen atoms in total. The summed E-state index contributed by atoms with van der Waals surface area (Å²) in [5, 5.41) is 10.3. The lowest BCUT2D eigenvalue weighted by Gasteiger charge is -2.09. The Hall–Kier alpha value is -3.51. The molecular weight excluding hydrogens is 409 g/mol. The molecule has 3 rings (SSSR count). The number of halogens is 1. The van der Waals surface area contributed by atoms with Gasteiger partial charge in [-0.3, -0.25) is 9.59 Å². The summed E-state index contributed by atoms with van der Waals surface area (Å²) in [7, 11) is 1.21. The SMILES string of the molecule is COC(=O)CC(=O)CC(O)/C=C/c1c(-c2ccc(F)cc2)c(C)n(-c2ccccc2)c1C. The number of ether oxygens (including phenoxy) is 1. The maximum Gasteiger partial charge on any atom is 0.313 e. The van der Waals surface area contributed by atoms with Crippen molar-refractivity contribution in [2.24, 2.45) is 0 Å². The average Bonchev–Trinajstić information content (AvgIpc) is 3.02. The van der Waals surface area contributed by atoms with E-state index in [-0.39, 0.29) is 18.7 Å². The highest BCUT2D eigenvalue weighted by Gasteiger charge is 2.19. The third-order valence-electron chi connectivity index (χ3n) is 5.33. The fraction of sp³-hybridized carbons (Fsp3) is 0.231. The lowest BCUT2D eigenvalue weighted by atomic mass is 9.99. The molecule has 0 spiro atoms. The molecule has 0 saturated carbocycles. The van der Waals surface area contributed by atoms with Crippen molar-refractivity contribution in [1.29, 1.82) is 0 Å². The Labute approximate surface area is 186 Å². The molecule has 0 amide bonds. The van der Waals surface area contributed by atoms with E-state index in [2.05, 4.69) is 9.30 Å². The lowest BCUT2D eigenvalue weighted by Crippen LogP contribution is -2.15. The van der Waals surface area contributed by atoms with E-state index in [4.69, 9.17) is 0 Å². The van der Waals surface area contributed by atoms with Crippen LogP contribution in [0, 0.1) is 19.7 Å². The van der Waals surface area contributed by atoms with Crippen LogP contribution >= 0.6 is 0 Å². The van der Waals surface area contributed by atoms with Crippen molar-refractivity contribution >= 4 is 17.8 Å². The molecule has 0 radical (unpaired) electrons. The van der Waals surface area contributed by atoms with Crippen LogP contribution in [-0.4, -0.2) is 34.6 Å². The van der Waals surface area contributed by atoms with Gasteiger partial charge >= 0.3 is 5.97 Å². The Balaban J connectivity index is 2.00. The zero-order valence-electron chi connectivity index (χ0n) is 18.3. The van der Waals surface area contributed by atoms with Crippen LogP contribution in [0.1, 0.15) is 29.8 Å². The Kier molecular flexibility index (Phi) is 7.38. The highest BCUT2D eigenvalue weighted by Crippen LogP contribution is 2.35. The molecule has 166 valence electrons. The van der Waals surface area contributed by atoms with Crippen molar-refractivity contribution in [1.82, 2.24) is 4.57 Å². The summed E-state index contributed by atoms with van der Waals surface area (Å²) in [6.07, 6.45) is 1.71. The van der Waals surface area contributed by atoms with Crippen molar-refractivity contribution < 1.29 is 23.8 Å². The van der Waals surface area contributed by atoms with Crippen LogP contribution in [-0.2, 0) is 14.3 Å². The molecule has 1 atom stereocenters. The Morgan fingerprint density at radius 2 is 1.72 bits per heavy atom. The van der Waals surface area contributed by atoms with Gasteiger partial charge in [-0.1, -0.05) is 42.5 Å². The number of esters is 1. The number of ketones is 1. The highest BCUT2D eigenvalue weighted by atomic mass is 19.1. The zero-order valence-corrected chi connectivity index (χ0v) is 18.3. The predicted molar refractivity (Wildman–Crippen MR) is 122 cm³/mol. The molecule has 0 bridgehead atoms. The number of para-hydroxylation sites is 1. The van der Waals surface area contributed by atoms with E-state index in [1.54, 1.807) is 24.3 Å². The Bertz CT molecular complexity index is 1130. The van der Waals surface area contributed by atoms with E-state index in [1.165, 1.54) is 19.2 Å². The molecule has 0 aliphatic heterocycles. The number of benzene rings is 2. The molecule has 1 heterocycles. The van der Waals surface area contributed by atoms with E-state index >= 15 is 0 Å². The molecule has 0 saturated heterocycles. The van der Waals surface area contributed by atoms with Crippen molar-refractivity contribution in [3.05, 3.63) is 83.4 Å². The number of aromatic nitrogens is 1. The van der Waals surface area contributed by atoms with E-state index in [0.29, 0.717) is 0 Å². The number of aliphatic hydroxyl groups is 1. The molecule has 0 aliphatic rings. The van der Waals surface area contributed by atoms with Gasteiger partial charge in [-0.2, -0.15) is 0 Å². The molecule has 1 N–H and O–H groups in total. The molecule has 3 aromatic rings. The fourth-order valence-electron chi connectivity index (χ4n) is 3.82. The van der Waals surface area contributed by atoms with Crippen LogP contribution in [0.3, 0.4) is 0 Å². The average molecular weight is 435 g/mol. The number of rotatable bonds is 8. The van der Waals surface area contributed by atoms with Crippen molar-refractivity contribution in [2.45, 2.75) is 32.8 Å². The van der Waals surface area contributed by atoms with Crippen LogP contribution in [0.15, 0.2) is 60.7 Å². The van der Waals surface area contributed by atoms with Crippen LogP contribution < -0.4 is 0 Å². The zero-order chi connectivity index (χ0) is 23.3. The van der Waals surface area contributed by atoms with Gasteiger partial charge in [0.1, 0.15) is 18.0 Å². The maximum atomic E-state index is 13.5. The first-order chi connectivity index (χ1) is 15.3. The predicted octanol–water partition coefficient (Wildman–Crippen LogP) is 4.80. The van der Waals surface area contributed by atoms with Gasteiger partial charge < -0.3 is 14.4 Å². The summed E-state index contributed by atoms with van der Waals surface area (Å²) in [5.41, 5.74) is 5.51. The number of methoxy groups -OCH3 is 1. The van der Waals surface area contributed by atoms with Crippen LogP contribution in [0.4, 0.5) is 4.39 Å². The Morgan fingerprint density at radius 3 is 2.34 bits per heavy atom. The molecule has 32 heavy (non-hydrogen) atoms. The molecule has 0 fully saturated rings. The van der Waals surface area contributed by atoms with Gasteiger partial charge in [0.05, 0.1) is 13.2 Å². The third-order valence-corrected chi connectivity index (χ3v) is 5.33. The van der Waals surface area contributed by atoms with Crippen LogP contribution in [0.25, 0.3) is 22.9 Å². The Morgan fingerprint density at radius 1 is 1.06 bits per heavy atom. The standard InChI is InChI=1S/C26H26FNO4/c1-17-24(14-13-22(29)15-23(30)16-25(31)32-3)26(19-9-11-20(27)12-10-19)18(2)28(17)21-7-5-4-6-8-21/h4-14,22,29H,15-16H2,1-3H3/b14-13+. The smallest absolute Gasteiger partial charge is 0.313 e. The number of aliphatic hydroxyl groups excluding tert-OH is 1. The summed E-state index contributed by atoms with van der Waals surface area (Å²) in [5.74, 6) is -1.35. The highest BCUT2D eigenvalue weighted by molar-refractivity contribution is 5.95. The summed E-state index contributed by atoms with van der Waals surface area (Å²) < 4.78 is 20.1. The van der Waals surface area contributed by atoms with Gasteiger partial charge in [-0.15, -0.1) is 0 Å². The summed E-state index contributed by atoms with van der Waals surface area (Å²) in [6.45, 7) is 3.97. The van der Waals surface area contributed by atoms with Gasteiger partial charge in [0.25, 0.3) is 0 Å². The van der Waals surface area contributed by atoms with Crippen LogP contribution in [0.2, 0.25) is 0 Å². The second-order valence-electron chi connectivity index (χ2n) is 7.56. The largest absolute Gasteiger partial charge is 0.469 e. The quantitative estimate of drug-likeness (QED) is 0.408. The number of hydrogen-bond acceptors (Lipinski definition) is 4. The van der Waals surface area contributed by atoms with E-state index in [9.17, 15) is 19.1 Å². The van der Waals surface area contributed by atoms with Gasteiger partial charge in [0.2, 0.25) is 0 Å². The van der Waals surface area contributed by atoms with E-state index in [1.807, 2.05) is 44.2 Å². The first-order valence-corrected chi connectivity index (χ1v) is 10.3. The van der Waals surface area contributed by atoms with E-state index < -0.39 is 17.9 Å². The van der Waals surface area contributed by atoms with E-state index in [0.717, 1.165) is 33.8 Å². The normalized spacial score (nSPS) is 12.2. The van der Waals surface area contributed by atoms with Crippen LogP contribution in [0.5, 0.6) is 0 Å². The topological polar surface area (TPSA) is 68.5 Å². The molecule has 6 heteroatoms. The molecule has 1 aromatic heterocycles. The monoisotopic (exact) mass is 435 g/mol.